The molecule has 2 N–H and O–H groups in total. The van der Waals surface area contributed by atoms with Crippen molar-refractivity contribution in [3.63, 3.8) is 0 Å². The van der Waals surface area contributed by atoms with E-state index in [-0.39, 0.29) is 0 Å². The Bertz CT molecular complexity index is 187. The largest absolute Gasteiger partial charge is 0.375 e. The fourth-order valence-corrected chi connectivity index (χ4v) is 2.86. The highest BCUT2D eigenvalue weighted by Crippen LogP contribution is 2.20. The first-order chi connectivity index (χ1) is 8.31. The van der Waals surface area contributed by atoms with Crippen molar-refractivity contribution in [2.45, 2.75) is 44.8 Å². The Morgan fingerprint density at radius 2 is 1.41 bits per heavy atom. The number of rotatable bonds is 4. The quantitative estimate of drug-likeness (QED) is 0.793. The van der Waals surface area contributed by atoms with E-state index in [4.69, 9.17) is 10.5 Å². The van der Waals surface area contributed by atoms with Crippen LogP contribution in [0.1, 0.15) is 32.6 Å². The number of nitrogens with zero attached hydrogens (tertiary/aromatic N) is 2. The molecule has 2 fully saturated rings. The van der Waals surface area contributed by atoms with Crippen LogP contribution in [0.2, 0.25) is 0 Å². The van der Waals surface area contributed by atoms with Crippen LogP contribution in [0.15, 0.2) is 0 Å². The lowest BCUT2D eigenvalue weighted by molar-refractivity contribution is -0.0642. The molecule has 4 heteroatoms. The second kappa shape index (κ2) is 6.69. The van der Waals surface area contributed by atoms with Gasteiger partial charge in [0.15, 0.2) is 0 Å². The maximum Gasteiger partial charge on any atom is 0.0603 e. The number of likely N-dealkylation sites (tertiary alicyclic amines) is 2. The molecule has 0 bridgehead atoms. The molecule has 2 rings (SSSR count). The summed E-state index contributed by atoms with van der Waals surface area (Å²) in [6.07, 6.45) is 5.73. The van der Waals surface area contributed by atoms with Gasteiger partial charge in [-0.1, -0.05) is 6.92 Å². The Labute approximate surface area is 105 Å². The van der Waals surface area contributed by atoms with Crippen LogP contribution < -0.4 is 5.73 Å². The molecule has 0 unspecified atom stereocenters. The SMILES string of the molecule is CCN1CCC(OC2CCN(CN)CC2)CC1. The molecule has 100 valence electrons. The van der Waals surface area contributed by atoms with E-state index in [1.165, 1.54) is 32.5 Å². The van der Waals surface area contributed by atoms with Gasteiger partial charge in [0.2, 0.25) is 0 Å². The highest BCUT2D eigenvalue weighted by atomic mass is 16.5. The van der Waals surface area contributed by atoms with Crippen LogP contribution in [0.25, 0.3) is 0 Å². The summed E-state index contributed by atoms with van der Waals surface area (Å²) in [4.78, 5) is 4.82. The van der Waals surface area contributed by atoms with Crippen molar-refractivity contribution in [1.82, 2.24) is 9.80 Å². The predicted molar refractivity (Wildman–Crippen MR) is 69.9 cm³/mol. The van der Waals surface area contributed by atoms with Crippen molar-refractivity contribution in [1.29, 1.82) is 0 Å². The van der Waals surface area contributed by atoms with Crippen molar-refractivity contribution in [3.8, 4) is 0 Å². The average molecular weight is 241 g/mol. The Morgan fingerprint density at radius 1 is 0.941 bits per heavy atom. The molecular formula is C13H27N3O. The van der Waals surface area contributed by atoms with Gasteiger partial charge in [-0.3, -0.25) is 4.90 Å². The van der Waals surface area contributed by atoms with Gasteiger partial charge in [0.25, 0.3) is 0 Å². The van der Waals surface area contributed by atoms with Crippen LogP contribution in [0.4, 0.5) is 0 Å². The molecule has 2 aliphatic heterocycles. The molecule has 4 nitrogen and oxygen atoms in total. The van der Waals surface area contributed by atoms with Crippen molar-refractivity contribution < 1.29 is 4.74 Å². The summed E-state index contributed by atoms with van der Waals surface area (Å²) >= 11 is 0. The van der Waals surface area contributed by atoms with Gasteiger partial charge < -0.3 is 15.4 Å². The highest BCUT2D eigenvalue weighted by molar-refractivity contribution is 4.76. The van der Waals surface area contributed by atoms with Crippen LogP contribution >= 0.6 is 0 Å². The maximum atomic E-state index is 6.22. The molecule has 0 aromatic rings. The lowest BCUT2D eigenvalue weighted by atomic mass is 10.0. The first kappa shape index (κ1) is 13.3. The molecule has 17 heavy (non-hydrogen) atoms. The molecule has 0 atom stereocenters. The van der Waals surface area contributed by atoms with Crippen molar-refractivity contribution >= 4 is 0 Å². The second-order valence-electron chi connectivity index (χ2n) is 5.27. The zero-order valence-corrected chi connectivity index (χ0v) is 11.1. The predicted octanol–water partition coefficient (Wildman–Crippen LogP) is 0.868. The van der Waals surface area contributed by atoms with E-state index in [0.29, 0.717) is 18.9 Å². The van der Waals surface area contributed by atoms with Gasteiger partial charge in [0, 0.05) is 32.8 Å². The third-order valence-corrected chi connectivity index (χ3v) is 4.16. The first-order valence-corrected chi connectivity index (χ1v) is 7.12. The Kier molecular flexibility index (Phi) is 5.22. The molecule has 0 saturated carbocycles. The molecule has 2 saturated heterocycles. The van der Waals surface area contributed by atoms with Crippen LogP contribution in [0, 0.1) is 0 Å². The van der Waals surface area contributed by atoms with Gasteiger partial charge in [-0.05, 0) is 32.2 Å². The van der Waals surface area contributed by atoms with E-state index >= 15 is 0 Å². The molecular weight excluding hydrogens is 214 g/mol. The van der Waals surface area contributed by atoms with E-state index in [2.05, 4.69) is 16.7 Å². The Hall–Kier alpha value is -0.160. The number of ether oxygens (including phenoxy) is 1. The molecule has 0 radical (unpaired) electrons. The molecule has 2 heterocycles. The molecule has 0 spiro atoms. The maximum absolute atomic E-state index is 6.22. The number of nitrogens with two attached hydrogens (primary N) is 1. The molecule has 2 aliphatic rings. The topological polar surface area (TPSA) is 41.7 Å². The Balaban J connectivity index is 1.65. The summed E-state index contributed by atoms with van der Waals surface area (Å²) < 4.78 is 6.22. The van der Waals surface area contributed by atoms with Gasteiger partial charge in [-0.25, -0.2) is 0 Å². The minimum absolute atomic E-state index is 0.482. The summed E-state index contributed by atoms with van der Waals surface area (Å²) in [5, 5.41) is 0. The summed E-state index contributed by atoms with van der Waals surface area (Å²) in [6, 6.07) is 0. The number of hydrogen-bond acceptors (Lipinski definition) is 4. The number of hydrogen-bond donors (Lipinski definition) is 1. The fraction of sp³-hybridized carbons (Fsp3) is 1.00. The Morgan fingerprint density at radius 3 is 1.82 bits per heavy atom. The van der Waals surface area contributed by atoms with Gasteiger partial charge in [-0.2, -0.15) is 0 Å². The van der Waals surface area contributed by atoms with E-state index < -0.39 is 0 Å². The fourth-order valence-electron chi connectivity index (χ4n) is 2.86. The summed E-state index contributed by atoms with van der Waals surface area (Å²) in [7, 11) is 0. The second-order valence-corrected chi connectivity index (χ2v) is 5.27. The highest BCUT2D eigenvalue weighted by Gasteiger charge is 2.24. The van der Waals surface area contributed by atoms with Gasteiger partial charge in [0.05, 0.1) is 12.2 Å². The van der Waals surface area contributed by atoms with Crippen molar-refractivity contribution in [3.05, 3.63) is 0 Å². The zero-order valence-electron chi connectivity index (χ0n) is 11.1. The summed E-state index contributed by atoms with van der Waals surface area (Å²) in [5.41, 5.74) is 5.64. The third kappa shape index (κ3) is 3.91. The van der Waals surface area contributed by atoms with Crippen LogP contribution in [-0.4, -0.2) is 61.4 Å². The summed E-state index contributed by atoms with van der Waals surface area (Å²) in [6.45, 7) is 8.75. The average Bonchev–Trinajstić information content (AvgIpc) is 2.40. The van der Waals surface area contributed by atoms with Gasteiger partial charge in [-0.15, -0.1) is 0 Å². The summed E-state index contributed by atoms with van der Waals surface area (Å²) in [5.74, 6) is 0. The number of piperidine rings is 2. The smallest absolute Gasteiger partial charge is 0.0603 e. The lowest BCUT2D eigenvalue weighted by Gasteiger charge is -2.36. The van der Waals surface area contributed by atoms with E-state index in [9.17, 15) is 0 Å². The van der Waals surface area contributed by atoms with Crippen molar-refractivity contribution in [2.75, 3.05) is 39.4 Å². The standard InChI is InChI=1S/C13H27N3O/c1-2-15-7-3-12(4-8-15)17-13-5-9-16(11-14)10-6-13/h12-13H,2-11,14H2,1H3. The molecule has 0 aromatic heterocycles. The zero-order chi connectivity index (χ0) is 12.1. The molecule has 0 aliphatic carbocycles. The normalized spacial score (nSPS) is 26.5. The van der Waals surface area contributed by atoms with E-state index in [1.54, 1.807) is 0 Å². The molecule has 0 aromatic carbocycles. The van der Waals surface area contributed by atoms with Crippen molar-refractivity contribution in [2.24, 2.45) is 5.73 Å². The van der Waals surface area contributed by atoms with E-state index in [0.717, 1.165) is 25.9 Å². The third-order valence-electron chi connectivity index (χ3n) is 4.16. The lowest BCUT2D eigenvalue weighted by Crippen LogP contribution is -2.43. The van der Waals surface area contributed by atoms with Crippen LogP contribution in [0.5, 0.6) is 0 Å². The first-order valence-electron chi connectivity index (χ1n) is 7.12. The molecule has 0 amide bonds. The monoisotopic (exact) mass is 241 g/mol. The van der Waals surface area contributed by atoms with Crippen LogP contribution in [0.3, 0.4) is 0 Å². The van der Waals surface area contributed by atoms with Gasteiger partial charge >= 0.3 is 0 Å². The van der Waals surface area contributed by atoms with Crippen LogP contribution in [-0.2, 0) is 4.74 Å². The minimum atomic E-state index is 0.482. The minimum Gasteiger partial charge on any atom is -0.375 e. The van der Waals surface area contributed by atoms with Gasteiger partial charge in [0.1, 0.15) is 0 Å². The van der Waals surface area contributed by atoms with E-state index in [1.807, 2.05) is 0 Å².